The SMILES string of the molecule is C=CS(=O)(=O)N1CCN(c2ccc(Cl)c(C(=CC)N=CC)n2)CC1. The number of sulfonamides is 1. The highest BCUT2D eigenvalue weighted by Crippen LogP contribution is 2.26. The molecule has 0 atom stereocenters. The number of piperazine rings is 1. The van der Waals surface area contributed by atoms with Gasteiger partial charge in [0.1, 0.15) is 11.5 Å². The molecule has 1 aromatic heterocycles. The molecular formula is C16H21ClN4O2S. The summed E-state index contributed by atoms with van der Waals surface area (Å²) in [5, 5.41) is 1.52. The van der Waals surface area contributed by atoms with Gasteiger partial charge in [-0.2, -0.15) is 4.31 Å². The van der Waals surface area contributed by atoms with Crippen LogP contribution in [0, 0.1) is 0 Å². The summed E-state index contributed by atoms with van der Waals surface area (Å²) >= 11 is 6.25. The van der Waals surface area contributed by atoms with E-state index in [9.17, 15) is 8.42 Å². The number of pyridine rings is 1. The van der Waals surface area contributed by atoms with E-state index in [-0.39, 0.29) is 0 Å². The van der Waals surface area contributed by atoms with Crippen molar-refractivity contribution in [2.45, 2.75) is 13.8 Å². The van der Waals surface area contributed by atoms with Crippen molar-refractivity contribution >= 4 is 39.4 Å². The standard InChI is InChI=1S/C16H21ClN4O2S/c1-4-14(18-5-2)16-13(17)7-8-15(19-16)20-9-11-21(12-10-20)24(22,23)6-3/h4-8H,3,9-12H2,1-2H3. The van der Waals surface area contributed by atoms with Gasteiger partial charge in [-0.25, -0.2) is 13.4 Å². The van der Waals surface area contributed by atoms with E-state index in [1.165, 1.54) is 4.31 Å². The highest BCUT2D eigenvalue weighted by Gasteiger charge is 2.25. The third kappa shape index (κ3) is 4.03. The van der Waals surface area contributed by atoms with Crippen LogP contribution in [-0.2, 0) is 10.0 Å². The minimum Gasteiger partial charge on any atom is -0.354 e. The van der Waals surface area contributed by atoms with Crippen molar-refractivity contribution in [1.29, 1.82) is 0 Å². The Kier molecular flexibility index (Phi) is 6.15. The van der Waals surface area contributed by atoms with Gasteiger partial charge in [0.05, 0.1) is 10.7 Å². The summed E-state index contributed by atoms with van der Waals surface area (Å²) in [6.07, 6.45) is 3.55. The predicted octanol–water partition coefficient (Wildman–Crippen LogP) is 2.78. The van der Waals surface area contributed by atoms with Crippen LogP contribution in [0.3, 0.4) is 0 Å². The van der Waals surface area contributed by atoms with Crippen LogP contribution in [-0.4, -0.2) is 50.1 Å². The normalized spacial score (nSPS) is 17.5. The van der Waals surface area contributed by atoms with Gasteiger partial charge in [0.25, 0.3) is 0 Å². The molecular weight excluding hydrogens is 348 g/mol. The number of allylic oxidation sites excluding steroid dienone is 1. The first-order valence-corrected chi connectivity index (χ1v) is 9.50. The zero-order chi connectivity index (χ0) is 17.7. The van der Waals surface area contributed by atoms with Crippen molar-refractivity contribution in [1.82, 2.24) is 9.29 Å². The Morgan fingerprint density at radius 3 is 2.50 bits per heavy atom. The van der Waals surface area contributed by atoms with Crippen LogP contribution >= 0.6 is 11.6 Å². The zero-order valence-corrected chi connectivity index (χ0v) is 15.4. The summed E-state index contributed by atoms with van der Waals surface area (Å²) in [5.41, 5.74) is 1.33. The number of hydrogen-bond acceptors (Lipinski definition) is 5. The predicted molar refractivity (Wildman–Crippen MR) is 100.0 cm³/mol. The Morgan fingerprint density at radius 2 is 1.96 bits per heavy atom. The number of nitrogens with zero attached hydrogens (tertiary/aromatic N) is 4. The van der Waals surface area contributed by atoms with Crippen LogP contribution in [0.5, 0.6) is 0 Å². The average Bonchev–Trinajstić information content (AvgIpc) is 2.60. The highest BCUT2D eigenvalue weighted by molar-refractivity contribution is 7.92. The fourth-order valence-electron chi connectivity index (χ4n) is 2.48. The summed E-state index contributed by atoms with van der Waals surface area (Å²) in [6, 6.07) is 3.63. The second-order valence-corrected chi connectivity index (χ2v) is 7.45. The van der Waals surface area contributed by atoms with E-state index in [2.05, 4.69) is 16.6 Å². The van der Waals surface area contributed by atoms with Gasteiger partial charge in [0, 0.05) is 37.8 Å². The van der Waals surface area contributed by atoms with E-state index in [0.717, 1.165) is 11.2 Å². The summed E-state index contributed by atoms with van der Waals surface area (Å²) < 4.78 is 25.1. The maximum Gasteiger partial charge on any atom is 0.235 e. The van der Waals surface area contributed by atoms with Gasteiger partial charge >= 0.3 is 0 Å². The lowest BCUT2D eigenvalue weighted by Crippen LogP contribution is -2.48. The molecule has 1 fully saturated rings. The minimum absolute atomic E-state index is 0.400. The van der Waals surface area contributed by atoms with Crippen LogP contribution in [0.2, 0.25) is 5.02 Å². The molecule has 2 heterocycles. The van der Waals surface area contributed by atoms with Crippen LogP contribution in [0.25, 0.3) is 5.70 Å². The number of rotatable bonds is 5. The minimum atomic E-state index is -3.37. The Labute approximate surface area is 148 Å². The van der Waals surface area contributed by atoms with Gasteiger partial charge in [-0.05, 0) is 26.0 Å². The number of halogens is 1. The number of aliphatic imine (C=N–C) groups is 1. The molecule has 1 saturated heterocycles. The Bertz CT molecular complexity index is 766. The lowest BCUT2D eigenvalue weighted by Gasteiger charge is -2.34. The quantitative estimate of drug-likeness (QED) is 0.749. The highest BCUT2D eigenvalue weighted by atomic mass is 35.5. The Hall–Kier alpha value is -1.70. The van der Waals surface area contributed by atoms with Crippen LogP contribution in [0.1, 0.15) is 19.5 Å². The fraction of sp³-hybridized carbons (Fsp3) is 0.375. The van der Waals surface area contributed by atoms with Gasteiger partial charge in [0.15, 0.2) is 0 Å². The largest absolute Gasteiger partial charge is 0.354 e. The smallest absolute Gasteiger partial charge is 0.235 e. The molecule has 0 spiro atoms. The maximum absolute atomic E-state index is 11.8. The van der Waals surface area contributed by atoms with Crippen LogP contribution in [0.4, 0.5) is 5.82 Å². The molecule has 0 amide bonds. The number of hydrogen-bond donors (Lipinski definition) is 0. The molecule has 24 heavy (non-hydrogen) atoms. The molecule has 8 heteroatoms. The van der Waals surface area contributed by atoms with E-state index >= 15 is 0 Å². The topological polar surface area (TPSA) is 65.9 Å². The van der Waals surface area contributed by atoms with Gasteiger partial charge < -0.3 is 4.90 Å². The molecule has 1 aliphatic rings. The van der Waals surface area contributed by atoms with Gasteiger partial charge in [-0.1, -0.05) is 24.3 Å². The van der Waals surface area contributed by atoms with Crippen molar-refractivity contribution in [2.75, 3.05) is 31.1 Å². The average molecular weight is 369 g/mol. The number of aromatic nitrogens is 1. The van der Waals surface area contributed by atoms with E-state index in [0.29, 0.717) is 42.6 Å². The molecule has 0 aromatic carbocycles. The second kappa shape index (κ2) is 7.92. The zero-order valence-electron chi connectivity index (χ0n) is 13.8. The molecule has 0 unspecified atom stereocenters. The molecule has 0 aliphatic carbocycles. The Balaban J connectivity index is 2.21. The lowest BCUT2D eigenvalue weighted by atomic mass is 10.2. The van der Waals surface area contributed by atoms with Crippen molar-refractivity contribution in [3.63, 3.8) is 0 Å². The van der Waals surface area contributed by atoms with Gasteiger partial charge in [-0.3, -0.25) is 4.99 Å². The molecule has 0 N–H and O–H groups in total. The first-order chi connectivity index (χ1) is 11.4. The molecule has 0 saturated carbocycles. The van der Waals surface area contributed by atoms with E-state index in [4.69, 9.17) is 11.6 Å². The first-order valence-electron chi connectivity index (χ1n) is 7.62. The van der Waals surface area contributed by atoms with Crippen LogP contribution in [0.15, 0.2) is 35.2 Å². The third-order valence-corrected chi connectivity index (χ3v) is 5.56. The monoisotopic (exact) mass is 368 g/mol. The Morgan fingerprint density at radius 1 is 1.29 bits per heavy atom. The molecule has 2 rings (SSSR count). The lowest BCUT2D eigenvalue weighted by molar-refractivity contribution is 0.389. The van der Waals surface area contributed by atoms with E-state index in [1.807, 2.05) is 30.9 Å². The molecule has 1 aliphatic heterocycles. The van der Waals surface area contributed by atoms with Gasteiger partial charge in [-0.15, -0.1) is 0 Å². The van der Waals surface area contributed by atoms with Crippen molar-refractivity contribution in [3.05, 3.63) is 40.9 Å². The third-order valence-electron chi connectivity index (χ3n) is 3.75. The molecule has 0 bridgehead atoms. The summed E-state index contributed by atoms with van der Waals surface area (Å²) in [5.74, 6) is 0.760. The summed E-state index contributed by atoms with van der Waals surface area (Å²) in [4.78, 5) is 10.9. The molecule has 0 radical (unpaired) electrons. The van der Waals surface area contributed by atoms with Crippen molar-refractivity contribution < 1.29 is 8.42 Å². The molecule has 6 nitrogen and oxygen atoms in total. The van der Waals surface area contributed by atoms with Crippen molar-refractivity contribution in [2.24, 2.45) is 4.99 Å². The first kappa shape index (κ1) is 18.6. The second-order valence-electron chi connectivity index (χ2n) is 5.16. The van der Waals surface area contributed by atoms with Crippen molar-refractivity contribution in [3.8, 4) is 0 Å². The van der Waals surface area contributed by atoms with E-state index < -0.39 is 10.0 Å². The fourth-order valence-corrected chi connectivity index (χ4v) is 3.56. The molecule has 1 aromatic rings. The summed E-state index contributed by atoms with van der Waals surface area (Å²) in [7, 11) is -3.37. The van der Waals surface area contributed by atoms with Gasteiger partial charge in [0.2, 0.25) is 10.0 Å². The number of anilines is 1. The van der Waals surface area contributed by atoms with E-state index in [1.54, 1.807) is 12.3 Å². The molecule has 130 valence electrons. The maximum atomic E-state index is 11.8. The van der Waals surface area contributed by atoms with Crippen LogP contribution < -0.4 is 4.90 Å². The summed E-state index contributed by atoms with van der Waals surface area (Å²) in [6.45, 7) is 9.00.